The first-order valence-electron chi connectivity index (χ1n) is 24.0. The molecule has 19 heteroatoms. The quantitative estimate of drug-likeness (QED) is 0.0431. The highest BCUT2D eigenvalue weighted by Crippen LogP contribution is 2.50. The van der Waals surface area contributed by atoms with E-state index in [9.17, 15) is 24.0 Å². The molecule has 390 valence electrons. The minimum Gasteiger partial charge on any atom is -0.493 e. The van der Waals surface area contributed by atoms with Gasteiger partial charge in [0.05, 0.1) is 80.7 Å². The number of anilines is 1. The Hall–Kier alpha value is -6.77. The number of benzene rings is 3. The molecule has 1 aliphatic carbocycles. The fraction of sp³-hybridized carbons (Fsp3) is 0.453. The Balaban J connectivity index is 1.19. The molecule has 5 rings (SSSR count). The van der Waals surface area contributed by atoms with E-state index in [4.69, 9.17) is 48.4 Å². The molecule has 1 unspecified atom stereocenters. The predicted octanol–water partition coefficient (Wildman–Crippen LogP) is 5.03. The first kappa shape index (κ1) is 56.1. The maximum absolute atomic E-state index is 13.9. The monoisotopic (exact) mass is 999 g/mol. The van der Waals surface area contributed by atoms with E-state index >= 15 is 0 Å². The number of unbranched alkanes of at least 4 members (excludes halogenated alkanes) is 1. The van der Waals surface area contributed by atoms with E-state index in [0.29, 0.717) is 117 Å². The summed E-state index contributed by atoms with van der Waals surface area (Å²) in [6.07, 6.45) is 1.87. The molecule has 4 aromatic carbocycles. The van der Waals surface area contributed by atoms with Crippen LogP contribution >= 0.6 is 0 Å². The SMILES string of the molecule is COCCOCCOCCOCCC(=O)N[C@@H](Cc1ccccc1)C(=O)NC(CCCCN)C(=O)Nc1ccc(COC(=O)N[C@@H]2CCc3cc(OC)c(OC)c(OC)c3-c3ccc(OC)c(=O)cc32)cc1. The van der Waals surface area contributed by atoms with Crippen molar-refractivity contribution >= 4 is 29.5 Å². The summed E-state index contributed by atoms with van der Waals surface area (Å²) in [4.78, 5) is 67.6. The summed E-state index contributed by atoms with van der Waals surface area (Å²) in [6, 6.07) is 20.1. The summed E-state index contributed by atoms with van der Waals surface area (Å²) in [6.45, 7) is 2.88. The molecule has 0 radical (unpaired) electrons. The standard InChI is InChI=1S/C53H69N5O14/c1-64-25-26-70-29-30-71-28-27-69-24-22-47(60)56-43(31-35-11-7-6-8-12-35)52(62)57-42(13-9-10-23-54)51(61)55-38-17-14-36(15-18-38)34-72-53(63)58-41-20-16-37-32-46(66-3)49(67-4)50(68-5)48(37)39-19-21-45(65-2)44(59)33-40(39)41/h6-8,11-12,14-15,17-19,21,32-33,41-43H,9-10,13,16,20,22-31,34,54H2,1-5H3,(H,55,61)(H,56,60)(H,57,62)(H,58,63)/t41-,42?,43+/m1/s1. The zero-order valence-corrected chi connectivity index (χ0v) is 41.8. The lowest BCUT2D eigenvalue weighted by atomic mass is 9.95. The number of hydrogen-bond acceptors (Lipinski definition) is 15. The van der Waals surface area contributed by atoms with Crippen LogP contribution in [-0.2, 0) is 57.5 Å². The Bertz CT molecular complexity index is 2420. The zero-order chi connectivity index (χ0) is 51.7. The van der Waals surface area contributed by atoms with Crippen LogP contribution in [0.2, 0.25) is 0 Å². The number of amides is 4. The van der Waals surface area contributed by atoms with E-state index < -0.39 is 36.0 Å². The predicted molar refractivity (Wildman–Crippen MR) is 270 cm³/mol. The fourth-order valence-electron chi connectivity index (χ4n) is 8.07. The van der Waals surface area contributed by atoms with Gasteiger partial charge in [-0.05, 0) is 96.8 Å². The van der Waals surface area contributed by atoms with Crippen molar-refractivity contribution in [2.24, 2.45) is 5.73 Å². The number of carbonyl (C=O) groups excluding carboxylic acids is 4. The van der Waals surface area contributed by atoms with Gasteiger partial charge in [0.2, 0.25) is 28.9 Å². The van der Waals surface area contributed by atoms with Gasteiger partial charge in [-0.2, -0.15) is 0 Å². The molecule has 4 aromatic rings. The van der Waals surface area contributed by atoms with Gasteiger partial charge in [-0.3, -0.25) is 19.2 Å². The third-order valence-corrected chi connectivity index (χ3v) is 11.8. The minimum atomic E-state index is -0.983. The van der Waals surface area contributed by atoms with Crippen LogP contribution in [-0.4, -0.2) is 124 Å². The molecule has 0 saturated carbocycles. The zero-order valence-electron chi connectivity index (χ0n) is 41.8. The van der Waals surface area contributed by atoms with Crippen LogP contribution in [0.5, 0.6) is 23.0 Å². The summed E-state index contributed by atoms with van der Waals surface area (Å²) in [5, 5.41) is 11.5. The van der Waals surface area contributed by atoms with Crippen molar-refractivity contribution in [3.8, 4) is 34.1 Å². The summed E-state index contributed by atoms with van der Waals surface area (Å²) in [5.41, 5.74) is 10.0. The molecule has 4 amide bonds. The average Bonchev–Trinajstić information content (AvgIpc) is 3.64. The molecule has 0 aromatic heterocycles. The Morgan fingerprint density at radius 2 is 1.36 bits per heavy atom. The van der Waals surface area contributed by atoms with Gasteiger partial charge in [-0.15, -0.1) is 0 Å². The van der Waals surface area contributed by atoms with Gasteiger partial charge >= 0.3 is 6.09 Å². The molecule has 0 saturated heterocycles. The molecule has 0 fully saturated rings. The van der Waals surface area contributed by atoms with Crippen molar-refractivity contribution in [3.63, 3.8) is 0 Å². The highest BCUT2D eigenvalue weighted by molar-refractivity contribution is 5.98. The molecule has 1 aliphatic rings. The Labute approximate surface area is 420 Å². The third kappa shape index (κ3) is 16.9. The van der Waals surface area contributed by atoms with Gasteiger partial charge in [0.1, 0.15) is 18.7 Å². The molecule has 0 aliphatic heterocycles. The van der Waals surface area contributed by atoms with Crippen LogP contribution in [0.15, 0.2) is 83.7 Å². The van der Waals surface area contributed by atoms with E-state index in [1.54, 1.807) is 43.5 Å². The fourth-order valence-corrected chi connectivity index (χ4v) is 8.07. The lowest BCUT2D eigenvalue weighted by molar-refractivity contribution is -0.131. The minimum absolute atomic E-state index is 0.00998. The smallest absolute Gasteiger partial charge is 0.407 e. The number of nitrogens with one attached hydrogen (secondary N) is 4. The van der Waals surface area contributed by atoms with Crippen LogP contribution in [0.3, 0.4) is 0 Å². The maximum atomic E-state index is 13.9. The van der Waals surface area contributed by atoms with Gasteiger partial charge < -0.3 is 69.6 Å². The molecule has 0 spiro atoms. The molecule has 19 nitrogen and oxygen atoms in total. The van der Waals surface area contributed by atoms with E-state index in [1.807, 2.05) is 36.4 Å². The molecule has 0 bridgehead atoms. The van der Waals surface area contributed by atoms with Crippen molar-refractivity contribution in [3.05, 3.63) is 111 Å². The number of alkyl carbamates (subject to hydrolysis) is 1. The number of hydrogen-bond donors (Lipinski definition) is 5. The summed E-state index contributed by atoms with van der Waals surface area (Å²) >= 11 is 0. The molecule has 0 heterocycles. The van der Waals surface area contributed by atoms with Crippen LogP contribution in [0, 0.1) is 0 Å². The van der Waals surface area contributed by atoms with Crippen molar-refractivity contribution in [1.82, 2.24) is 16.0 Å². The molecular formula is C53H69N5O14. The Morgan fingerprint density at radius 3 is 2.01 bits per heavy atom. The molecular weight excluding hydrogens is 931 g/mol. The van der Waals surface area contributed by atoms with Crippen LogP contribution < -0.4 is 51.4 Å². The summed E-state index contributed by atoms with van der Waals surface area (Å²) < 4.78 is 49.5. The van der Waals surface area contributed by atoms with Crippen molar-refractivity contribution in [2.75, 3.05) is 93.7 Å². The Kier molecular flexibility index (Phi) is 23.5. The number of carbonyl (C=O) groups is 4. The number of nitrogens with two attached hydrogens (primary N) is 1. The second-order valence-electron chi connectivity index (χ2n) is 16.7. The number of fused-ring (bicyclic) bond motifs is 3. The lowest BCUT2D eigenvalue weighted by Crippen LogP contribution is -2.53. The Morgan fingerprint density at radius 1 is 0.681 bits per heavy atom. The lowest BCUT2D eigenvalue weighted by Gasteiger charge is -2.23. The third-order valence-electron chi connectivity index (χ3n) is 11.8. The van der Waals surface area contributed by atoms with Crippen molar-refractivity contribution in [1.29, 1.82) is 0 Å². The highest BCUT2D eigenvalue weighted by Gasteiger charge is 2.31. The van der Waals surface area contributed by atoms with Crippen LogP contribution in [0.25, 0.3) is 11.1 Å². The van der Waals surface area contributed by atoms with Gasteiger partial charge in [-0.1, -0.05) is 48.5 Å². The van der Waals surface area contributed by atoms with E-state index in [2.05, 4.69) is 21.3 Å². The van der Waals surface area contributed by atoms with E-state index in [0.717, 1.165) is 11.1 Å². The topological polar surface area (TPSA) is 243 Å². The normalized spacial score (nSPS) is 13.5. The maximum Gasteiger partial charge on any atom is 0.407 e. The summed E-state index contributed by atoms with van der Waals surface area (Å²) in [7, 11) is 7.60. The van der Waals surface area contributed by atoms with E-state index in [-0.39, 0.29) is 49.7 Å². The average molecular weight is 1000 g/mol. The van der Waals surface area contributed by atoms with Gasteiger partial charge in [0.15, 0.2) is 17.2 Å². The number of ether oxygens (including phenoxy) is 9. The largest absolute Gasteiger partial charge is 0.493 e. The van der Waals surface area contributed by atoms with E-state index in [1.165, 1.54) is 34.5 Å². The second-order valence-corrected chi connectivity index (χ2v) is 16.7. The molecule has 72 heavy (non-hydrogen) atoms. The molecule has 6 N–H and O–H groups in total. The van der Waals surface area contributed by atoms with Crippen molar-refractivity contribution in [2.45, 2.75) is 69.7 Å². The number of methoxy groups -OCH3 is 5. The van der Waals surface area contributed by atoms with Gasteiger partial charge in [0.25, 0.3) is 0 Å². The number of aryl methyl sites for hydroxylation is 1. The first-order valence-corrected chi connectivity index (χ1v) is 24.0. The molecule has 3 atom stereocenters. The van der Waals surface area contributed by atoms with Crippen LogP contribution in [0.1, 0.15) is 60.4 Å². The van der Waals surface area contributed by atoms with Gasteiger partial charge in [-0.25, -0.2) is 4.79 Å². The highest BCUT2D eigenvalue weighted by atomic mass is 16.6. The number of rotatable bonds is 30. The summed E-state index contributed by atoms with van der Waals surface area (Å²) in [5.74, 6) is 0.0325. The van der Waals surface area contributed by atoms with Gasteiger partial charge in [0, 0.05) is 31.2 Å². The van der Waals surface area contributed by atoms with Crippen LogP contribution in [0.4, 0.5) is 10.5 Å². The first-order chi connectivity index (χ1) is 35.0. The van der Waals surface area contributed by atoms with Crippen molar-refractivity contribution < 1.29 is 61.8 Å². The second kappa shape index (κ2) is 30.2.